The number of H-pyrrole nitrogens is 1. The topological polar surface area (TPSA) is 179 Å². The summed E-state index contributed by atoms with van der Waals surface area (Å²) in [5.41, 5.74) is 8.82. The van der Waals surface area contributed by atoms with Gasteiger partial charge in [0.1, 0.15) is 18.1 Å². The van der Waals surface area contributed by atoms with Crippen molar-refractivity contribution in [2.75, 3.05) is 40.4 Å². The van der Waals surface area contributed by atoms with Gasteiger partial charge in [0.05, 0.1) is 40.7 Å². The molecule has 6 heterocycles. The first-order valence-corrected chi connectivity index (χ1v) is 22.6. The van der Waals surface area contributed by atoms with Gasteiger partial charge in [-0.2, -0.15) is 0 Å². The Morgan fingerprint density at radius 3 is 2.67 bits per heavy atom. The quantitative estimate of drug-likeness (QED) is 0.160. The molecule has 7 rings (SSSR count). The number of rotatable bonds is 8. The number of hydrogen-bond donors (Lipinski definition) is 3. The van der Waals surface area contributed by atoms with E-state index in [1.807, 2.05) is 50.4 Å². The number of thiazole rings is 1. The van der Waals surface area contributed by atoms with Gasteiger partial charge in [-0.25, -0.2) is 10.4 Å². The number of ether oxygens (including phenoxy) is 2. The molecule has 3 aliphatic rings. The Bertz CT molecular complexity index is 2450. The lowest BCUT2D eigenvalue weighted by Gasteiger charge is -2.36. The summed E-state index contributed by atoms with van der Waals surface area (Å²) in [6.07, 6.45) is 3.59. The minimum atomic E-state index is -1.09. The second kappa shape index (κ2) is 19.0. The minimum absolute atomic E-state index is 0.0701. The van der Waals surface area contributed by atoms with Crippen molar-refractivity contribution >= 4 is 51.8 Å². The van der Waals surface area contributed by atoms with Crippen molar-refractivity contribution in [3.63, 3.8) is 0 Å². The smallest absolute Gasteiger partial charge is 0.324 e. The number of nitrogens with one attached hydrogen (secondary N) is 3. The standard InChI is InChI=1S/C47H58N8O7S/c1-9-12-39(56)54-20-17-30(24-54)44(58)53(7)42(27(2)3)43(57)51-36-22-38-49-37(25-63-38)29-15-16-34-32(21-29)33(41(50-34)31-13-10-18-48-40(31)28(4)61-8)23-47(5,6)26-62-46(60)35-14-11-19-55(52-35)45(36)59/h10,13,15-16,18,21,25,27-28,30,35-36,42,50,52H,11,14,17,19-20,22-24,26H2,1-8H3,(H,51,57)/t28-,30-,35-,36-,42-/m0/s1. The van der Waals surface area contributed by atoms with Crippen LogP contribution < -0.4 is 10.7 Å². The number of likely N-dealkylation sites (N-methyl/N-ethyl adjacent to an activating group) is 1. The molecule has 15 nitrogen and oxygen atoms in total. The summed E-state index contributed by atoms with van der Waals surface area (Å²) in [6.45, 7) is 12.5. The first kappa shape index (κ1) is 45.4. The molecule has 6 bridgehead atoms. The normalized spacial score (nSPS) is 21.3. The Hall–Kier alpha value is -5.63. The lowest BCUT2D eigenvalue weighted by molar-refractivity contribution is -0.155. The van der Waals surface area contributed by atoms with Crippen LogP contribution in [0.1, 0.15) is 83.2 Å². The zero-order valence-electron chi connectivity index (χ0n) is 37.4. The summed E-state index contributed by atoms with van der Waals surface area (Å²) in [6, 6.07) is 7.33. The first-order valence-electron chi connectivity index (χ1n) is 21.7. The van der Waals surface area contributed by atoms with Crippen LogP contribution in [0.25, 0.3) is 33.4 Å². The maximum absolute atomic E-state index is 14.5. The second-order valence-electron chi connectivity index (χ2n) is 18.0. The predicted octanol–water partition coefficient (Wildman–Crippen LogP) is 5.06. The molecule has 4 aromatic rings. The number of benzene rings is 1. The van der Waals surface area contributed by atoms with E-state index in [1.54, 1.807) is 32.2 Å². The molecule has 16 heteroatoms. The molecule has 5 atom stereocenters. The number of fused-ring (bicyclic) bond motifs is 6. The minimum Gasteiger partial charge on any atom is -0.464 e. The monoisotopic (exact) mass is 878 g/mol. The van der Waals surface area contributed by atoms with E-state index in [4.69, 9.17) is 19.4 Å². The summed E-state index contributed by atoms with van der Waals surface area (Å²) in [5, 5.41) is 7.98. The number of hydrazine groups is 1. The number of amides is 4. The maximum atomic E-state index is 14.5. The highest BCUT2D eigenvalue weighted by Crippen LogP contribution is 2.40. The number of carbonyl (C=O) groups excluding carboxylic acids is 5. The molecule has 0 aliphatic carbocycles. The van der Waals surface area contributed by atoms with E-state index in [-0.39, 0.29) is 43.4 Å². The second-order valence-corrected chi connectivity index (χ2v) is 18.9. The number of hydrogen-bond acceptors (Lipinski definition) is 11. The van der Waals surface area contributed by atoms with Gasteiger partial charge < -0.3 is 29.6 Å². The molecule has 2 fully saturated rings. The highest BCUT2D eigenvalue weighted by molar-refractivity contribution is 7.10. The number of methoxy groups -OCH3 is 1. The fraction of sp³-hybridized carbons (Fsp3) is 0.511. The lowest BCUT2D eigenvalue weighted by Crippen LogP contribution is -2.62. The van der Waals surface area contributed by atoms with Crippen molar-refractivity contribution in [2.24, 2.45) is 17.3 Å². The van der Waals surface area contributed by atoms with Crippen LogP contribution in [0.4, 0.5) is 0 Å². The van der Waals surface area contributed by atoms with Crippen LogP contribution in [0.5, 0.6) is 0 Å². The molecule has 2 saturated heterocycles. The van der Waals surface area contributed by atoms with Crippen LogP contribution in [0.3, 0.4) is 0 Å². The average Bonchev–Trinajstić information content (AvgIpc) is 4.04. The van der Waals surface area contributed by atoms with Crippen LogP contribution in [0.15, 0.2) is 41.9 Å². The zero-order valence-corrected chi connectivity index (χ0v) is 38.2. The fourth-order valence-corrected chi connectivity index (χ4v) is 9.79. The largest absolute Gasteiger partial charge is 0.464 e. The number of cyclic esters (lactones) is 1. The number of aromatic amines is 1. The van der Waals surface area contributed by atoms with Crippen molar-refractivity contribution in [3.05, 3.63) is 58.2 Å². The third-order valence-corrected chi connectivity index (χ3v) is 13.2. The SMILES string of the molecule is CC#CC(=O)N1CC[C@H](C(=O)N(C)[C@H](C(=O)N[C@H]2Cc3nc(cs3)-c3ccc4[nH]c(-c5cccnc5[C@H](C)OC)c(c4c3)CC(C)(C)COC(=O)[C@@H]3CCCN(N3)C2=O)C(C)C)C1. The van der Waals surface area contributed by atoms with Crippen LogP contribution >= 0.6 is 11.3 Å². The Morgan fingerprint density at radius 1 is 1.13 bits per heavy atom. The van der Waals surface area contributed by atoms with Gasteiger partial charge in [0, 0.05) is 79.2 Å². The predicted molar refractivity (Wildman–Crippen MR) is 240 cm³/mol. The van der Waals surface area contributed by atoms with Crippen molar-refractivity contribution < 1.29 is 33.4 Å². The number of likely N-dealkylation sites (tertiary alicyclic amines) is 1. The van der Waals surface area contributed by atoms with Crippen LogP contribution in [-0.2, 0) is 46.3 Å². The number of nitrogens with zero attached hydrogens (tertiary/aromatic N) is 5. The van der Waals surface area contributed by atoms with Gasteiger partial charge in [-0.1, -0.05) is 39.7 Å². The highest BCUT2D eigenvalue weighted by atomic mass is 32.1. The van der Waals surface area contributed by atoms with E-state index in [1.165, 1.54) is 21.2 Å². The number of esters is 1. The van der Waals surface area contributed by atoms with Gasteiger partial charge in [-0.3, -0.25) is 34.0 Å². The fourth-order valence-electron chi connectivity index (χ4n) is 8.94. The molecular formula is C47H58N8O7S. The number of carbonyl (C=O) groups is 5. The van der Waals surface area contributed by atoms with E-state index in [2.05, 4.69) is 47.5 Å². The molecular weight excluding hydrogens is 821 g/mol. The average molecular weight is 879 g/mol. The Morgan fingerprint density at radius 2 is 1.92 bits per heavy atom. The highest BCUT2D eigenvalue weighted by Gasteiger charge is 2.40. The summed E-state index contributed by atoms with van der Waals surface area (Å²) < 4.78 is 11.8. The van der Waals surface area contributed by atoms with E-state index >= 15 is 0 Å². The van der Waals surface area contributed by atoms with E-state index < -0.39 is 47.2 Å². The van der Waals surface area contributed by atoms with Crippen molar-refractivity contribution in [2.45, 2.75) is 97.9 Å². The van der Waals surface area contributed by atoms with Crippen LogP contribution in [0.2, 0.25) is 0 Å². The molecule has 3 N–H and O–H groups in total. The first-order chi connectivity index (χ1) is 30.1. The molecule has 0 spiro atoms. The van der Waals surface area contributed by atoms with Gasteiger partial charge in [0.15, 0.2) is 0 Å². The molecule has 1 aromatic carbocycles. The molecule has 63 heavy (non-hydrogen) atoms. The molecule has 0 saturated carbocycles. The number of aromatic nitrogens is 3. The van der Waals surface area contributed by atoms with Crippen molar-refractivity contribution in [1.29, 1.82) is 0 Å². The number of pyridine rings is 1. The van der Waals surface area contributed by atoms with Crippen molar-refractivity contribution in [3.8, 4) is 34.4 Å². The van der Waals surface area contributed by atoms with Crippen LogP contribution in [0, 0.1) is 29.1 Å². The van der Waals surface area contributed by atoms with Gasteiger partial charge in [-0.05, 0) is 81.2 Å². The summed E-state index contributed by atoms with van der Waals surface area (Å²) in [7, 11) is 3.26. The third-order valence-electron chi connectivity index (χ3n) is 12.3. The summed E-state index contributed by atoms with van der Waals surface area (Å²) >= 11 is 1.39. The zero-order chi connectivity index (χ0) is 45.2. The van der Waals surface area contributed by atoms with Crippen molar-refractivity contribution in [1.82, 2.24) is 40.5 Å². The van der Waals surface area contributed by atoms with Gasteiger partial charge in [0.25, 0.3) is 11.8 Å². The molecule has 0 unspecified atom stereocenters. The summed E-state index contributed by atoms with van der Waals surface area (Å²) in [4.78, 5) is 85.4. The van der Waals surface area contributed by atoms with Gasteiger partial charge >= 0.3 is 5.97 Å². The summed E-state index contributed by atoms with van der Waals surface area (Å²) in [5.74, 6) is 2.38. The Balaban J connectivity index is 1.23. The van der Waals surface area contributed by atoms with Crippen LogP contribution in [-0.4, -0.2) is 118 Å². The molecule has 3 aliphatic heterocycles. The van der Waals surface area contributed by atoms with E-state index in [0.29, 0.717) is 43.8 Å². The van der Waals surface area contributed by atoms with E-state index in [0.717, 1.165) is 44.7 Å². The Kier molecular flexibility index (Phi) is 13.7. The lowest BCUT2D eigenvalue weighted by atomic mass is 9.84. The molecule has 0 radical (unpaired) electrons. The van der Waals surface area contributed by atoms with E-state index in [9.17, 15) is 24.0 Å². The van der Waals surface area contributed by atoms with Gasteiger partial charge in [-0.15, -0.1) is 11.3 Å². The molecule has 3 aromatic heterocycles. The van der Waals surface area contributed by atoms with Gasteiger partial charge in [0.2, 0.25) is 11.8 Å². The third kappa shape index (κ3) is 9.80. The Labute approximate surface area is 372 Å². The molecule has 334 valence electrons. The maximum Gasteiger partial charge on any atom is 0.324 e. The molecule has 4 amide bonds.